The summed E-state index contributed by atoms with van der Waals surface area (Å²) in [6.07, 6.45) is 0. The Morgan fingerprint density at radius 3 is 1.60 bits per heavy atom. The second-order valence-electron chi connectivity index (χ2n) is 19.5. The highest BCUT2D eigenvalue weighted by atomic mass is 32.1. The normalized spacial score (nSPS) is 14.4. The molecule has 0 saturated carbocycles. The lowest BCUT2D eigenvalue weighted by Gasteiger charge is -2.25. The monoisotopic (exact) mass is 844 g/mol. The Kier molecular flexibility index (Phi) is 7.49. The molecule has 11 aromatic carbocycles. The van der Waals surface area contributed by atoms with Gasteiger partial charge in [0, 0.05) is 36.6 Å². The molecule has 14 rings (SSSR count). The van der Waals surface area contributed by atoms with Crippen LogP contribution in [0.3, 0.4) is 0 Å². The van der Waals surface area contributed by atoms with Crippen molar-refractivity contribution < 1.29 is 0 Å². The Labute approximate surface area is 383 Å². The summed E-state index contributed by atoms with van der Waals surface area (Å²) in [5.41, 5.74) is 18.6. The smallest absolute Gasteiger partial charge is 0.0437 e. The molecule has 0 aliphatic heterocycles. The molecule has 2 aliphatic rings. The van der Waals surface area contributed by atoms with E-state index in [-0.39, 0.29) is 10.8 Å². The van der Waals surface area contributed by atoms with Crippen LogP contribution in [0.5, 0.6) is 0 Å². The number of hydrogen-bond donors (Lipinski definition) is 0. The average Bonchev–Trinajstić information content (AvgIpc) is 3.92. The first kappa shape index (κ1) is 37.1. The first-order chi connectivity index (χ1) is 31.8. The van der Waals surface area contributed by atoms with Crippen molar-refractivity contribution in [3.63, 3.8) is 0 Å². The quantitative estimate of drug-likeness (QED) is 0.155. The standard InChI is InChI=1S/C64H44S/c1-63(2)54-33-29-39(42-24-14-26-52-59-55(64(3,4)60(42)52)34-32-51-50-31-27-38-16-6-8-19-43(38)61(50)65-62(51)59)35-53(54)44-30-28-40(36-56(44)63)57-46-20-9-11-22-48(46)58(49-23-12-10-21-47(49)57)45-25-13-17-37-15-5-7-18-41(37)45/h5-36H,1-4H3. The fourth-order valence-corrected chi connectivity index (χ4v) is 13.8. The van der Waals surface area contributed by atoms with Crippen LogP contribution in [0.4, 0.5) is 0 Å². The second kappa shape index (κ2) is 13.1. The Morgan fingerprint density at radius 1 is 0.292 bits per heavy atom. The van der Waals surface area contributed by atoms with Crippen molar-refractivity contribution in [2.45, 2.75) is 38.5 Å². The number of hydrogen-bond acceptors (Lipinski definition) is 1. The van der Waals surface area contributed by atoms with Gasteiger partial charge in [0.2, 0.25) is 0 Å². The van der Waals surface area contributed by atoms with Gasteiger partial charge in [0.15, 0.2) is 0 Å². The van der Waals surface area contributed by atoms with Gasteiger partial charge in [0.05, 0.1) is 0 Å². The van der Waals surface area contributed by atoms with Gasteiger partial charge in [-0.3, -0.25) is 0 Å². The maximum atomic E-state index is 2.51. The summed E-state index contributed by atoms with van der Waals surface area (Å²) in [5.74, 6) is 0. The van der Waals surface area contributed by atoms with Gasteiger partial charge in [-0.2, -0.15) is 0 Å². The largest absolute Gasteiger partial charge is 0.134 e. The zero-order valence-corrected chi connectivity index (χ0v) is 37.7. The van der Waals surface area contributed by atoms with E-state index in [1.165, 1.54) is 141 Å². The predicted molar refractivity (Wildman–Crippen MR) is 281 cm³/mol. The van der Waals surface area contributed by atoms with E-state index in [0.717, 1.165) is 0 Å². The molecule has 0 bridgehead atoms. The Hall–Kier alpha value is -7.32. The van der Waals surface area contributed by atoms with Crippen LogP contribution in [0.25, 0.3) is 119 Å². The Bertz CT molecular complexity index is 4000. The van der Waals surface area contributed by atoms with Crippen LogP contribution in [0.2, 0.25) is 0 Å². The van der Waals surface area contributed by atoms with Gasteiger partial charge in [-0.1, -0.05) is 210 Å². The van der Waals surface area contributed by atoms with E-state index < -0.39 is 0 Å². The van der Waals surface area contributed by atoms with E-state index in [0.29, 0.717) is 0 Å². The van der Waals surface area contributed by atoms with E-state index in [1.807, 2.05) is 11.3 Å². The summed E-state index contributed by atoms with van der Waals surface area (Å²) in [6.45, 7) is 9.71. The minimum atomic E-state index is -0.168. The molecule has 65 heavy (non-hydrogen) atoms. The van der Waals surface area contributed by atoms with Gasteiger partial charge in [-0.15, -0.1) is 11.3 Å². The third kappa shape index (κ3) is 4.97. The highest BCUT2D eigenvalue weighted by molar-refractivity contribution is 7.27. The van der Waals surface area contributed by atoms with Gasteiger partial charge in [0.1, 0.15) is 0 Å². The number of benzene rings is 11. The molecule has 12 aromatic rings. The molecule has 0 N–H and O–H groups in total. The van der Waals surface area contributed by atoms with Crippen molar-refractivity contribution >= 4 is 74.6 Å². The van der Waals surface area contributed by atoms with Gasteiger partial charge < -0.3 is 0 Å². The minimum Gasteiger partial charge on any atom is -0.134 e. The van der Waals surface area contributed by atoms with Crippen molar-refractivity contribution in [3.8, 4) is 55.6 Å². The van der Waals surface area contributed by atoms with Crippen LogP contribution in [0.1, 0.15) is 49.9 Å². The van der Waals surface area contributed by atoms with Crippen LogP contribution in [0.15, 0.2) is 194 Å². The third-order valence-corrected chi connectivity index (χ3v) is 16.7. The van der Waals surface area contributed by atoms with Gasteiger partial charge in [-0.05, 0) is 128 Å². The van der Waals surface area contributed by atoms with Crippen LogP contribution in [-0.4, -0.2) is 0 Å². The molecule has 0 amide bonds. The average molecular weight is 845 g/mol. The summed E-state index contributed by atoms with van der Waals surface area (Å²) < 4.78 is 2.79. The number of fused-ring (bicyclic) bond motifs is 15. The molecule has 0 radical (unpaired) electrons. The lowest BCUT2D eigenvalue weighted by atomic mass is 9.78. The predicted octanol–water partition coefficient (Wildman–Crippen LogP) is 18.3. The van der Waals surface area contributed by atoms with E-state index in [4.69, 9.17) is 0 Å². The first-order valence-corrected chi connectivity index (χ1v) is 23.8. The maximum Gasteiger partial charge on any atom is 0.0437 e. The molecule has 306 valence electrons. The van der Waals surface area contributed by atoms with Crippen molar-refractivity contribution in [1.29, 1.82) is 0 Å². The Balaban J connectivity index is 0.926. The fraction of sp³-hybridized carbons (Fsp3) is 0.0938. The lowest BCUT2D eigenvalue weighted by Crippen LogP contribution is -2.16. The summed E-state index contributed by atoms with van der Waals surface area (Å²) >= 11 is 1.97. The SMILES string of the molecule is CC1(C)c2ccc(-c3cccc4c3C(C)(C)c3ccc5c(sc6c7ccccc7ccc56)c3-4)cc2-c2ccc(-c3c4ccccc4c(-c4cccc5ccccc45)c4ccccc34)cc21. The zero-order valence-electron chi connectivity index (χ0n) is 36.9. The van der Waals surface area contributed by atoms with Gasteiger partial charge in [0.25, 0.3) is 0 Å². The highest BCUT2D eigenvalue weighted by Gasteiger charge is 2.40. The maximum absolute atomic E-state index is 2.51. The van der Waals surface area contributed by atoms with E-state index in [9.17, 15) is 0 Å². The van der Waals surface area contributed by atoms with Gasteiger partial charge in [-0.25, -0.2) is 0 Å². The first-order valence-electron chi connectivity index (χ1n) is 23.0. The molecule has 1 aromatic heterocycles. The number of rotatable bonds is 3. The van der Waals surface area contributed by atoms with Crippen molar-refractivity contribution in [2.75, 3.05) is 0 Å². The van der Waals surface area contributed by atoms with Crippen molar-refractivity contribution in [3.05, 3.63) is 216 Å². The lowest BCUT2D eigenvalue weighted by molar-refractivity contribution is 0.660. The molecule has 0 saturated heterocycles. The van der Waals surface area contributed by atoms with Crippen molar-refractivity contribution in [1.82, 2.24) is 0 Å². The van der Waals surface area contributed by atoms with Crippen LogP contribution in [-0.2, 0) is 10.8 Å². The molecule has 0 unspecified atom stereocenters. The molecule has 1 heteroatoms. The molecule has 0 nitrogen and oxygen atoms in total. The van der Waals surface area contributed by atoms with E-state index >= 15 is 0 Å². The topological polar surface area (TPSA) is 0 Å². The highest BCUT2D eigenvalue weighted by Crippen LogP contribution is 2.58. The molecule has 0 spiro atoms. The summed E-state index contributed by atoms with van der Waals surface area (Å²) in [4.78, 5) is 0. The molecular weight excluding hydrogens is 801 g/mol. The molecule has 2 aliphatic carbocycles. The van der Waals surface area contributed by atoms with Crippen LogP contribution in [0, 0.1) is 0 Å². The molecule has 0 fully saturated rings. The second-order valence-corrected chi connectivity index (χ2v) is 20.5. The summed E-state index contributed by atoms with van der Waals surface area (Å²) in [7, 11) is 0. The molecule has 1 heterocycles. The molecular formula is C64H44S. The number of thiophene rings is 1. The van der Waals surface area contributed by atoms with Crippen LogP contribution >= 0.6 is 11.3 Å². The fourth-order valence-electron chi connectivity index (χ4n) is 12.4. The zero-order chi connectivity index (χ0) is 43.3. The minimum absolute atomic E-state index is 0.159. The third-order valence-electron chi connectivity index (χ3n) is 15.4. The summed E-state index contributed by atoms with van der Waals surface area (Å²) in [6, 6.07) is 73.6. The Morgan fingerprint density at radius 2 is 0.846 bits per heavy atom. The van der Waals surface area contributed by atoms with E-state index in [2.05, 4.69) is 222 Å². The van der Waals surface area contributed by atoms with Crippen molar-refractivity contribution in [2.24, 2.45) is 0 Å². The summed E-state index contributed by atoms with van der Waals surface area (Å²) in [5, 5.41) is 13.1. The van der Waals surface area contributed by atoms with E-state index in [1.54, 1.807) is 0 Å². The van der Waals surface area contributed by atoms with Crippen LogP contribution < -0.4 is 0 Å². The molecule has 0 atom stereocenters. The van der Waals surface area contributed by atoms with Gasteiger partial charge >= 0.3 is 0 Å².